The van der Waals surface area contributed by atoms with Crippen LogP contribution in [0.2, 0.25) is 0 Å². The highest BCUT2D eigenvalue weighted by molar-refractivity contribution is 6.00. The maximum absolute atomic E-state index is 14.2. The van der Waals surface area contributed by atoms with E-state index in [4.69, 9.17) is 10.5 Å². The number of ether oxygens (including phenoxy) is 1. The molecule has 0 radical (unpaired) electrons. The molecule has 0 saturated heterocycles. The number of rotatable bonds is 26. The number of para-hydroxylation sites is 1. The fraction of sp³-hybridized carbons (Fsp3) is 0.431. The average molecular weight is 1180 g/mol. The topological polar surface area (TPSA) is 300 Å². The lowest BCUT2D eigenvalue weighted by molar-refractivity contribution is -0.141. The normalized spacial score (nSPS) is 14.5. The lowest BCUT2D eigenvalue weighted by Gasteiger charge is -2.40. The minimum Gasteiger partial charge on any atom is -0.478 e. The van der Waals surface area contributed by atoms with Crippen molar-refractivity contribution in [3.63, 3.8) is 0 Å². The molecule has 1 heterocycles. The number of hydrogen-bond acceptors (Lipinski definition) is 11. The molecule has 462 valence electrons. The van der Waals surface area contributed by atoms with Crippen molar-refractivity contribution in [1.29, 1.82) is 0 Å². The van der Waals surface area contributed by atoms with E-state index >= 15 is 0 Å². The van der Waals surface area contributed by atoms with Gasteiger partial charge in [0.2, 0.25) is 35.4 Å². The number of nitrogens with two attached hydrogens (primary N) is 1. The Balaban J connectivity index is 1.18. The maximum Gasteiger partial charge on any atom is 0.411 e. The highest BCUT2D eigenvalue weighted by Crippen LogP contribution is 2.32. The van der Waals surface area contributed by atoms with Crippen LogP contribution in [0, 0.1) is 17.3 Å². The average Bonchev–Trinajstić information content (AvgIpc) is 3.59. The Morgan fingerprint density at radius 1 is 0.733 bits per heavy atom. The second-order valence-corrected chi connectivity index (χ2v) is 23.9. The van der Waals surface area contributed by atoms with Crippen molar-refractivity contribution in [1.82, 2.24) is 31.5 Å². The number of carboxylic acid groups (broad SMARTS) is 1. The van der Waals surface area contributed by atoms with Crippen LogP contribution in [0.3, 0.4) is 0 Å². The predicted molar refractivity (Wildman–Crippen MR) is 333 cm³/mol. The van der Waals surface area contributed by atoms with Gasteiger partial charge in [-0.25, -0.2) is 14.4 Å². The quantitative estimate of drug-likeness (QED) is 0.0214. The van der Waals surface area contributed by atoms with Gasteiger partial charge in [0.25, 0.3) is 0 Å². The molecule has 0 fully saturated rings. The van der Waals surface area contributed by atoms with Gasteiger partial charge in [0, 0.05) is 48.8 Å². The Kier molecular flexibility index (Phi) is 24.3. The fourth-order valence-corrected chi connectivity index (χ4v) is 10.1. The first-order chi connectivity index (χ1) is 40.5. The number of nitrogens with zero attached hydrogens (tertiary/aromatic N) is 2. The summed E-state index contributed by atoms with van der Waals surface area (Å²) in [5, 5.41) is 29.2. The van der Waals surface area contributed by atoms with E-state index < -0.39 is 88.7 Å². The van der Waals surface area contributed by atoms with E-state index in [1.165, 1.54) is 11.8 Å². The van der Waals surface area contributed by atoms with E-state index in [1.54, 1.807) is 81.4 Å². The Morgan fingerprint density at radius 3 is 2.01 bits per heavy atom. The summed E-state index contributed by atoms with van der Waals surface area (Å²) in [4.78, 5) is 123. The Labute approximate surface area is 504 Å². The van der Waals surface area contributed by atoms with E-state index in [0.717, 1.165) is 16.7 Å². The molecular formula is C65H86N10O11. The standard InChI is InChI=1S/C65H86N10O11/c1-39(2)51(35-41(5)61(82)83)74(12)60(81)56(64(6,7)8)73-59(80)55(67-11)65(9,10)46-22-17-23-48(36-46)70-63(85)86-38-42-26-30-47(31-27-42)69-57(78)49(24-18-34-68-62(66)84)71-58(79)54(40(3)4)72-52(76)32-33-53(77)75-37-45-21-14-13-19-43(45)28-29-44-20-15-16-25-50(44)75/h13-17,19-23,25-31,35-36,39-40,49,51,54-56,67H,18,24,32-34,37-38H2,1-12H3,(H,69,78)(H,70,85)(H,71,79)(H,72,76)(H,73,80)(H,82,83)(H3,66,68,84)/b29-28-,41-35+/t49-,51+,54-,55?,56+/m0/s1. The van der Waals surface area contributed by atoms with Gasteiger partial charge in [-0.05, 0) is 102 Å². The van der Waals surface area contributed by atoms with Crippen LogP contribution in [0.25, 0.3) is 12.2 Å². The first-order valence-electron chi connectivity index (χ1n) is 28.9. The first-order valence-corrected chi connectivity index (χ1v) is 28.9. The number of carbonyl (C=O) groups is 9. The van der Waals surface area contributed by atoms with Crippen LogP contribution in [-0.2, 0) is 56.9 Å². The van der Waals surface area contributed by atoms with Gasteiger partial charge < -0.3 is 57.3 Å². The molecule has 1 aliphatic heterocycles. The number of benzene rings is 4. The Bertz CT molecular complexity index is 3150. The van der Waals surface area contributed by atoms with Gasteiger partial charge in [0.15, 0.2) is 0 Å². The third-order valence-electron chi connectivity index (χ3n) is 15.1. The highest BCUT2D eigenvalue weighted by atomic mass is 16.5. The third kappa shape index (κ3) is 19.1. The smallest absolute Gasteiger partial charge is 0.411 e. The number of carboxylic acids is 1. The van der Waals surface area contributed by atoms with Crippen molar-refractivity contribution in [3.8, 4) is 0 Å². The van der Waals surface area contributed by atoms with Gasteiger partial charge in [-0.3, -0.25) is 34.1 Å². The lowest BCUT2D eigenvalue weighted by atomic mass is 9.76. The largest absolute Gasteiger partial charge is 0.478 e. The molecule has 9 amide bonds. The summed E-state index contributed by atoms with van der Waals surface area (Å²) >= 11 is 0. The van der Waals surface area contributed by atoms with E-state index in [2.05, 4.69) is 37.2 Å². The molecule has 21 heteroatoms. The minimum absolute atomic E-state index is 0.0860. The van der Waals surface area contributed by atoms with Crippen LogP contribution in [0.15, 0.2) is 109 Å². The van der Waals surface area contributed by atoms with Crippen molar-refractivity contribution in [3.05, 3.63) is 137 Å². The molecule has 4 aromatic rings. The molecule has 0 saturated carbocycles. The number of carbonyl (C=O) groups excluding carboxylic acids is 8. The second kappa shape index (κ2) is 30.8. The van der Waals surface area contributed by atoms with Crippen LogP contribution in [0.4, 0.5) is 26.7 Å². The van der Waals surface area contributed by atoms with Crippen molar-refractivity contribution in [2.75, 3.05) is 36.2 Å². The maximum atomic E-state index is 14.2. The minimum atomic E-state index is -1.12. The van der Waals surface area contributed by atoms with Gasteiger partial charge in [-0.15, -0.1) is 0 Å². The summed E-state index contributed by atoms with van der Waals surface area (Å²) in [6.45, 7) is 18.3. The van der Waals surface area contributed by atoms with Gasteiger partial charge in [-0.1, -0.05) is 147 Å². The number of likely N-dealkylation sites (N-methyl/N-ethyl adjacent to an activating group) is 2. The second-order valence-electron chi connectivity index (χ2n) is 23.9. The summed E-state index contributed by atoms with van der Waals surface area (Å²) in [5.41, 5.74) is 9.23. The Hall–Kier alpha value is -8.85. The molecule has 1 aliphatic rings. The van der Waals surface area contributed by atoms with Crippen LogP contribution in [0.1, 0.15) is 123 Å². The zero-order valence-corrected chi connectivity index (χ0v) is 51.5. The van der Waals surface area contributed by atoms with Crippen LogP contribution >= 0.6 is 0 Å². The molecule has 4 aromatic carbocycles. The van der Waals surface area contributed by atoms with E-state index in [0.29, 0.717) is 34.7 Å². The molecule has 21 nitrogen and oxygen atoms in total. The summed E-state index contributed by atoms with van der Waals surface area (Å²) in [5.74, 6) is -4.45. The zero-order chi connectivity index (χ0) is 63.6. The molecule has 0 aromatic heterocycles. The molecule has 5 rings (SSSR count). The molecular weight excluding hydrogens is 1100 g/mol. The van der Waals surface area contributed by atoms with Gasteiger partial charge >= 0.3 is 18.1 Å². The first kappa shape index (κ1) is 67.9. The Morgan fingerprint density at radius 2 is 1.38 bits per heavy atom. The number of hydrogen-bond donors (Lipinski definition) is 9. The van der Waals surface area contributed by atoms with Gasteiger partial charge in [0.05, 0.1) is 24.3 Å². The van der Waals surface area contributed by atoms with E-state index in [9.17, 15) is 48.3 Å². The third-order valence-corrected chi connectivity index (χ3v) is 15.1. The van der Waals surface area contributed by atoms with Crippen molar-refractivity contribution < 1.29 is 53.0 Å². The van der Waals surface area contributed by atoms with Crippen LogP contribution < -0.4 is 47.9 Å². The fourth-order valence-electron chi connectivity index (χ4n) is 10.1. The summed E-state index contributed by atoms with van der Waals surface area (Å²) in [7, 11) is 3.24. The molecule has 0 spiro atoms. The summed E-state index contributed by atoms with van der Waals surface area (Å²) < 4.78 is 5.56. The van der Waals surface area contributed by atoms with Gasteiger partial charge in [-0.2, -0.15) is 0 Å². The SMILES string of the molecule is CNC(C(=O)N[C@H](C(=O)N(C)[C@H](/C=C(\C)C(=O)O)C(C)C)C(C)(C)C)C(C)(C)c1cccc(NC(=O)OCc2ccc(NC(=O)[C@H](CCCNC(N)=O)NC(=O)[C@@H](NC(=O)CCC(=O)N3Cc4ccccc4/C=C\c4ccccc43)C(C)C)cc2)c1. The number of amides is 9. The van der Waals surface area contributed by atoms with Gasteiger partial charge in [0.1, 0.15) is 24.7 Å². The summed E-state index contributed by atoms with van der Waals surface area (Å²) in [6, 6.07) is 23.4. The monoisotopic (exact) mass is 1180 g/mol. The number of fused-ring (bicyclic) bond motifs is 2. The van der Waals surface area contributed by atoms with E-state index in [-0.39, 0.29) is 62.1 Å². The molecule has 10 N–H and O–H groups in total. The van der Waals surface area contributed by atoms with Crippen molar-refractivity contribution >= 4 is 82.8 Å². The molecule has 0 bridgehead atoms. The number of aliphatic carboxylic acids is 1. The van der Waals surface area contributed by atoms with Crippen molar-refractivity contribution in [2.45, 2.75) is 144 Å². The van der Waals surface area contributed by atoms with Crippen LogP contribution in [-0.4, -0.2) is 114 Å². The number of anilines is 3. The van der Waals surface area contributed by atoms with Crippen molar-refractivity contribution in [2.24, 2.45) is 23.0 Å². The highest BCUT2D eigenvalue weighted by Gasteiger charge is 2.42. The molecule has 1 unspecified atom stereocenters. The molecule has 5 atom stereocenters. The lowest BCUT2D eigenvalue weighted by Crippen LogP contribution is -2.61. The predicted octanol–water partition coefficient (Wildman–Crippen LogP) is 7.86. The molecule has 86 heavy (non-hydrogen) atoms. The van der Waals surface area contributed by atoms with Crippen LogP contribution in [0.5, 0.6) is 0 Å². The number of urea groups is 1. The summed E-state index contributed by atoms with van der Waals surface area (Å²) in [6.07, 6.45) is 4.77. The number of primary amides is 1. The number of nitrogens with one attached hydrogen (secondary N) is 7. The zero-order valence-electron chi connectivity index (χ0n) is 51.5. The van der Waals surface area contributed by atoms with E-state index in [1.807, 2.05) is 115 Å². The molecule has 0 aliphatic carbocycles.